The second-order valence-corrected chi connectivity index (χ2v) is 6.49. The summed E-state index contributed by atoms with van der Waals surface area (Å²) in [6.07, 6.45) is 15.1. The Balaban J connectivity index is 0.000000741. The molecule has 2 rings (SSSR count). The Morgan fingerprint density at radius 2 is 0.789 bits per heavy atom. The van der Waals surface area contributed by atoms with Crippen molar-refractivity contribution >= 4 is 0 Å². The third-order valence-electron chi connectivity index (χ3n) is 5.31. The SMILES string of the molecule is CC.CC.CC(C)(C1CCCCC1)C1CCCCC1. The zero-order chi connectivity index (χ0) is 14.7. The average molecular weight is 269 g/mol. The summed E-state index contributed by atoms with van der Waals surface area (Å²) in [5.74, 6) is 2.07. The molecule has 0 saturated heterocycles. The molecule has 2 aliphatic rings. The molecule has 116 valence electrons. The van der Waals surface area contributed by atoms with Crippen molar-refractivity contribution in [2.45, 2.75) is 106 Å². The maximum atomic E-state index is 2.57. The zero-order valence-corrected chi connectivity index (χ0v) is 14.7. The molecule has 0 atom stereocenters. The summed E-state index contributed by atoms with van der Waals surface area (Å²) in [5, 5.41) is 0. The Bertz CT molecular complexity index is 160. The van der Waals surface area contributed by atoms with Gasteiger partial charge in [-0.15, -0.1) is 0 Å². The summed E-state index contributed by atoms with van der Waals surface area (Å²) < 4.78 is 0. The summed E-state index contributed by atoms with van der Waals surface area (Å²) in [4.78, 5) is 0. The molecule has 2 aliphatic carbocycles. The highest BCUT2D eigenvalue weighted by Crippen LogP contribution is 2.48. The van der Waals surface area contributed by atoms with Gasteiger partial charge < -0.3 is 0 Å². The van der Waals surface area contributed by atoms with Crippen LogP contribution in [0.2, 0.25) is 0 Å². The van der Waals surface area contributed by atoms with Crippen molar-refractivity contribution in [1.82, 2.24) is 0 Å². The van der Waals surface area contributed by atoms with Crippen molar-refractivity contribution in [3.05, 3.63) is 0 Å². The Morgan fingerprint density at radius 3 is 1.05 bits per heavy atom. The molecule has 0 bridgehead atoms. The average Bonchev–Trinajstić information content (AvgIpc) is 2.53. The van der Waals surface area contributed by atoms with E-state index in [1.807, 2.05) is 27.7 Å². The van der Waals surface area contributed by atoms with E-state index in [9.17, 15) is 0 Å². The molecule has 2 saturated carbocycles. The van der Waals surface area contributed by atoms with Crippen LogP contribution in [0.15, 0.2) is 0 Å². The van der Waals surface area contributed by atoms with E-state index in [2.05, 4.69) is 13.8 Å². The second kappa shape index (κ2) is 10.7. The van der Waals surface area contributed by atoms with Crippen LogP contribution in [-0.2, 0) is 0 Å². The minimum atomic E-state index is 0.640. The molecule has 0 aromatic heterocycles. The van der Waals surface area contributed by atoms with E-state index >= 15 is 0 Å². The quantitative estimate of drug-likeness (QED) is 0.495. The predicted octanol–water partition coefficient (Wildman–Crippen LogP) is 7.23. The maximum absolute atomic E-state index is 2.57. The predicted molar refractivity (Wildman–Crippen MR) is 89.6 cm³/mol. The first-order valence-electron chi connectivity index (χ1n) is 9.21. The highest BCUT2D eigenvalue weighted by atomic mass is 14.4. The van der Waals surface area contributed by atoms with Crippen LogP contribution >= 0.6 is 0 Å². The van der Waals surface area contributed by atoms with Crippen LogP contribution in [-0.4, -0.2) is 0 Å². The normalized spacial score (nSPS) is 21.8. The van der Waals surface area contributed by atoms with Crippen molar-refractivity contribution in [3.8, 4) is 0 Å². The summed E-state index contributed by atoms with van der Waals surface area (Å²) in [5.41, 5.74) is 0.640. The minimum absolute atomic E-state index is 0.640. The third-order valence-corrected chi connectivity index (χ3v) is 5.31. The van der Waals surface area contributed by atoms with E-state index in [1.165, 1.54) is 64.2 Å². The smallest absolute Gasteiger partial charge is 0.0298 e. The third kappa shape index (κ3) is 5.88. The van der Waals surface area contributed by atoms with Crippen molar-refractivity contribution in [2.24, 2.45) is 17.3 Å². The summed E-state index contributed by atoms with van der Waals surface area (Å²) in [6.45, 7) is 13.1. The first kappa shape index (κ1) is 19.0. The fraction of sp³-hybridized carbons (Fsp3) is 1.00. The second-order valence-electron chi connectivity index (χ2n) is 6.49. The van der Waals surface area contributed by atoms with Crippen molar-refractivity contribution in [3.63, 3.8) is 0 Å². The molecule has 0 aromatic rings. The molecule has 0 spiro atoms. The molecule has 0 radical (unpaired) electrons. The molecule has 19 heavy (non-hydrogen) atoms. The van der Waals surface area contributed by atoms with Gasteiger partial charge in [0.05, 0.1) is 0 Å². The van der Waals surface area contributed by atoms with Gasteiger partial charge in [-0.3, -0.25) is 0 Å². The van der Waals surface area contributed by atoms with Crippen LogP contribution in [0, 0.1) is 17.3 Å². The summed E-state index contributed by atoms with van der Waals surface area (Å²) in [6, 6.07) is 0. The van der Waals surface area contributed by atoms with Gasteiger partial charge in [-0.05, 0) is 42.9 Å². The monoisotopic (exact) mass is 268 g/mol. The number of hydrogen-bond acceptors (Lipinski definition) is 0. The van der Waals surface area contributed by atoms with Gasteiger partial charge in [-0.1, -0.05) is 80.1 Å². The first-order chi connectivity index (χ1) is 9.21. The molecule has 0 N–H and O–H groups in total. The van der Waals surface area contributed by atoms with Gasteiger partial charge in [0.25, 0.3) is 0 Å². The lowest BCUT2D eigenvalue weighted by Gasteiger charge is -2.44. The molecule has 0 aliphatic heterocycles. The van der Waals surface area contributed by atoms with E-state index in [4.69, 9.17) is 0 Å². The molecule has 0 heteroatoms. The van der Waals surface area contributed by atoms with Crippen LogP contribution in [0.4, 0.5) is 0 Å². The van der Waals surface area contributed by atoms with Crippen LogP contribution in [0.3, 0.4) is 0 Å². The van der Waals surface area contributed by atoms with Crippen molar-refractivity contribution in [2.75, 3.05) is 0 Å². The lowest BCUT2D eigenvalue weighted by molar-refractivity contribution is 0.0587. The van der Waals surface area contributed by atoms with Gasteiger partial charge in [-0.25, -0.2) is 0 Å². The van der Waals surface area contributed by atoms with Crippen molar-refractivity contribution < 1.29 is 0 Å². The fourth-order valence-corrected chi connectivity index (χ4v) is 4.03. The van der Waals surface area contributed by atoms with Gasteiger partial charge in [0.1, 0.15) is 0 Å². The van der Waals surface area contributed by atoms with Crippen LogP contribution in [0.5, 0.6) is 0 Å². The van der Waals surface area contributed by atoms with E-state index < -0.39 is 0 Å². The van der Waals surface area contributed by atoms with Crippen LogP contribution < -0.4 is 0 Å². The minimum Gasteiger partial charge on any atom is -0.0683 e. The van der Waals surface area contributed by atoms with Gasteiger partial charge in [0.15, 0.2) is 0 Å². The summed E-state index contributed by atoms with van der Waals surface area (Å²) >= 11 is 0. The highest BCUT2D eigenvalue weighted by molar-refractivity contribution is 4.88. The Labute approximate surface area is 123 Å². The van der Waals surface area contributed by atoms with Crippen LogP contribution in [0.25, 0.3) is 0 Å². The highest BCUT2D eigenvalue weighted by Gasteiger charge is 2.37. The Hall–Kier alpha value is 0. The molecule has 0 unspecified atom stereocenters. The lowest BCUT2D eigenvalue weighted by Crippen LogP contribution is -2.35. The van der Waals surface area contributed by atoms with Crippen LogP contribution in [0.1, 0.15) is 106 Å². The molecular formula is C19H40. The molecule has 0 aromatic carbocycles. The molecule has 2 fully saturated rings. The molecular weight excluding hydrogens is 228 g/mol. The number of hydrogen-bond donors (Lipinski definition) is 0. The van der Waals surface area contributed by atoms with E-state index in [0.29, 0.717) is 5.41 Å². The van der Waals surface area contributed by atoms with Gasteiger partial charge in [0, 0.05) is 0 Å². The lowest BCUT2D eigenvalue weighted by atomic mass is 9.61. The largest absolute Gasteiger partial charge is 0.0683 e. The Kier molecular flexibility index (Phi) is 10.7. The van der Waals surface area contributed by atoms with Gasteiger partial charge >= 0.3 is 0 Å². The maximum Gasteiger partial charge on any atom is -0.0298 e. The number of rotatable bonds is 2. The fourth-order valence-electron chi connectivity index (χ4n) is 4.03. The van der Waals surface area contributed by atoms with Gasteiger partial charge in [0.2, 0.25) is 0 Å². The first-order valence-corrected chi connectivity index (χ1v) is 9.21. The van der Waals surface area contributed by atoms with Gasteiger partial charge in [-0.2, -0.15) is 0 Å². The topological polar surface area (TPSA) is 0 Å². The van der Waals surface area contributed by atoms with E-state index in [1.54, 1.807) is 0 Å². The Morgan fingerprint density at radius 1 is 0.526 bits per heavy atom. The molecule has 0 heterocycles. The van der Waals surface area contributed by atoms with Crippen molar-refractivity contribution in [1.29, 1.82) is 0 Å². The molecule has 0 nitrogen and oxygen atoms in total. The van der Waals surface area contributed by atoms with E-state index in [0.717, 1.165) is 11.8 Å². The zero-order valence-electron chi connectivity index (χ0n) is 14.7. The van der Waals surface area contributed by atoms with E-state index in [-0.39, 0.29) is 0 Å². The molecule has 0 amide bonds. The summed E-state index contributed by atoms with van der Waals surface area (Å²) in [7, 11) is 0. The standard InChI is InChI=1S/C15H28.2C2H6/c1-15(2,13-9-5-3-6-10-13)14-11-7-4-8-12-14;2*1-2/h13-14H,3-12H2,1-2H3;2*1-2H3.